The van der Waals surface area contributed by atoms with Gasteiger partial charge in [0.05, 0.1) is 23.5 Å². The van der Waals surface area contributed by atoms with E-state index in [4.69, 9.17) is 16.2 Å². The molecule has 0 bridgehead atoms. The molecule has 194 valence electrons. The van der Waals surface area contributed by atoms with Crippen LogP contribution in [-0.4, -0.2) is 38.5 Å². The summed E-state index contributed by atoms with van der Waals surface area (Å²) in [5.74, 6) is -0.684. The van der Waals surface area contributed by atoms with Gasteiger partial charge in [-0.25, -0.2) is 4.79 Å². The minimum atomic E-state index is -4.92. The van der Waals surface area contributed by atoms with Crippen LogP contribution in [0.15, 0.2) is 84.8 Å². The van der Waals surface area contributed by atoms with Gasteiger partial charge in [-0.2, -0.15) is 16.8 Å². The zero-order valence-electron chi connectivity index (χ0n) is 19.0. The fraction of sp³-hybridized carbons (Fsp3) is 0.0952. The van der Waals surface area contributed by atoms with Gasteiger partial charge in [0.15, 0.2) is 0 Å². The molecule has 3 rings (SSSR count). The highest BCUT2D eigenvalue weighted by molar-refractivity contribution is 7.86. The zero-order chi connectivity index (χ0) is 27.4. The van der Waals surface area contributed by atoms with Crippen molar-refractivity contribution in [2.75, 3.05) is 18.1 Å². The highest BCUT2D eigenvalue weighted by atomic mass is 32.2. The second kappa shape index (κ2) is 10.8. The number of esters is 1. The van der Waals surface area contributed by atoms with E-state index in [-0.39, 0.29) is 34.9 Å². The minimum absolute atomic E-state index is 0.0438. The molecule has 0 aliphatic carbocycles. The predicted molar refractivity (Wildman–Crippen MR) is 132 cm³/mol. The van der Waals surface area contributed by atoms with E-state index in [2.05, 4.69) is 20.5 Å². The molecule has 0 unspecified atom stereocenters. The van der Waals surface area contributed by atoms with Crippen LogP contribution in [0.2, 0.25) is 0 Å². The third kappa shape index (κ3) is 6.31. The van der Waals surface area contributed by atoms with Gasteiger partial charge >= 0.3 is 5.97 Å². The monoisotopic (exact) mass is 548 g/mol. The van der Waals surface area contributed by atoms with Gasteiger partial charge < -0.3 is 16.2 Å². The maximum Gasteiger partial charge on any atom is 0.340 e. The van der Waals surface area contributed by atoms with Crippen LogP contribution in [0.25, 0.3) is 0 Å². The molecule has 37 heavy (non-hydrogen) atoms. The first-order chi connectivity index (χ1) is 17.3. The van der Waals surface area contributed by atoms with Crippen LogP contribution in [0.4, 0.5) is 34.1 Å². The van der Waals surface area contributed by atoms with Crippen molar-refractivity contribution >= 4 is 60.3 Å². The molecule has 3 aromatic carbocycles. The Morgan fingerprint density at radius 3 is 1.95 bits per heavy atom. The Balaban J connectivity index is 2.17. The summed E-state index contributed by atoms with van der Waals surface area (Å²) in [6.45, 7) is 1.73. The number of anilines is 2. The van der Waals surface area contributed by atoms with Gasteiger partial charge in [0, 0.05) is 0 Å². The number of nitrogens with zero attached hydrogens (tertiary/aromatic N) is 4. The minimum Gasteiger partial charge on any atom is -0.462 e. The SMILES string of the molecule is CCOC(=O)c1ccccc1N=Nc1c(N)c(N=Nc2ccccc2S(=O)(=O)O)cc(S(=O)(=O)O)c1N. The molecule has 0 saturated heterocycles. The number of nitrogens with two attached hydrogens (primary N) is 2. The number of ether oxygens (including phenoxy) is 1. The Hall–Kier alpha value is -4.25. The van der Waals surface area contributed by atoms with E-state index in [0.29, 0.717) is 0 Å². The summed E-state index contributed by atoms with van der Waals surface area (Å²) in [4.78, 5) is 10.8. The summed E-state index contributed by atoms with van der Waals surface area (Å²) in [6.07, 6.45) is 0. The molecule has 3 aromatic rings. The molecule has 16 heteroatoms. The Morgan fingerprint density at radius 1 is 0.784 bits per heavy atom. The van der Waals surface area contributed by atoms with Crippen LogP contribution in [0, 0.1) is 0 Å². The highest BCUT2D eigenvalue weighted by Gasteiger charge is 2.23. The van der Waals surface area contributed by atoms with Crippen molar-refractivity contribution < 1.29 is 35.5 Å². The summed E-state index contributed by atoms with van der Waals surface area (Å²) in [5.41, 5.74) is 10.1. The molecule has 14 nitrogen and oxygen atoms in total. The van der Waals surface area contributed by atoms with Crippen LogP contribution in [0.1, 0.15) is 17.3 Å². The summed E-state index contributed by atoms with van der Waals surface area (Å²) in [5, 5.41) is 15.3. The average molecular weight is 549 g/mol. The van der Waals surface area contributed by atoms with E-state index in [1.54, 1.807) is 19.1 Å². The summed E-state index contributed by atoms with van der Waals surface area (Å²) < 4.78 is 71.0. The van der Waals surface area contributed by atoms with E-state index in [0.717, 1.165) is 12.1 Å². The lowest BCUT2D eigenvalue weighted by atomic mass is 10.2. The Labute approximate surface area is 211 Å². The van der Waals surface area contributed by atoms with Gasteiger partial charge in [-0.05, 0) is 37.3 Å². The molecule has 0 heterocycles. The van der Waals surface area contributed by atoms with Gasteiger partial charge in [-0.3, -0.25) is 9.11 Å². The number of rotatable bonds is 8. The van der Waals surface area contributed by atoms with Crippen LogP contribution in [0.3, 0.4) is 0 Å². The second-order valence-corrected chi connectivity index (χ2v) is 9.91. The number of hydrogen-bond donors (Lipinski definition) is 4. The van der Waals surface area contributed by atoms with Gasteiger partial charge in [-0.15, -0.1) is 20.5 Å². The lowest BCUT2D eigenvalue weighted by Crippen LogP contribution is -2.05. The molecule has 0 fully saturated rings. The standard InChI is InChI=1S/C21H20N6O8S2/c1-2-35-21(28)12-7-3-4-8-13(12)24-27-20-18(22)15(11-17(19(20)23)37(32,33)34)26-25-14-9-5-6-10-16(14)36(29,30)31/h3-11H,2,22-23H2,1H3,(H,29,30,31)(H,32,33,34). The normalized spacial score (nSPS) is 12.3. The van der Waals surface area contributed by atoms with Crippen molar-refractivity contribution in [1.82, 2.24) is 0 Å². The van der Waals surface area contributed by atoms with Gasteiger partial charge in [0.2, 0.25) is 0 Å². The highest BCUT2D eigenvalue weighted by Crippen LogP contribution is 2.43. The lowest BCUT2D eigenvalue weighted by Gasteiger charge is -2.11. The van der Waals surface area contributed by atoms with Gasteiger partial charge in [-0.1, -0.05) is 24.3 Å². The largest absolute Gasteiger partial charge is 0.462 e. The first-order valence-corrected chi connectivity index (χ1v) is 13.1. The van der Waals surface area contributed by atoms with Crippen molar-refractivity contribution in [3.8, 4) is 0 Å². The maximum absolute atomic E-state index is 12.2. The summed E-state index contributed by atoms with van der Waals surface area (Å²) in [7, 11) is -9.58. The number of carbonyl (C=O) groups excluding carboxylic acids is 1. The molecular weight excluding hydrogens is 528 g/mol. The number of hydrogen-bond acceptors (Lipinski definition) is 12. The van der Waals surface area contributed by atoms with E-state index in [1.807, 2.05) is 0 Å². The molecule has 0 radical (unpaired) electrons. The first-order valence-electron chi connectivity index (χ1n) is 10.2. The van der Waals surface area contributed by atoms with Crippen LogP contribution < -0.4 is 11.5 Å². The Morgan fingerprint density at radius 2 is 1.32 bits per heavy atom. The number of nitrogen functional groups attached to an aromatic ring is 2. The number of benzene rings is 3. The molecule has 0 aliphatic rings. The summed E-state index contributed by atoms with van der Waals surface area (Å²) in [6, 6.07) is 11.8. The molecule has 0 amide bonds. The third-order valence-corrected chi connectivity index (χ3v) is 6.46. The molecule has 0 spiro atoms. The summed E-state index contributed by atoms with van der Waals surface area (Å²) >= 11 is 0. The van der Waals surface area contributed by atoms with E-state index in [1.165, 1.54) is 30.3 Å². The van der Waals surface area contributed by atoms with Gasteiger partial charge in [0.1, 0.15) is 32.5 Å². The molecule has 0 atom stereocenters. The van der Waals surface area contributed by atoms with Crippen LogP contribution in [0.5, 0.6) is 0 Å². The van der Waals surface area contributed by atoms with Crippen LogP contribution >= 0.6 is 0 Å². The van der Waals surface area contributed by atoms with Crippen molar-refractivity contribution in [3.63, 3.8) is 0 Å². The van der Waals surface area contributed by atoms with Crippen molar-refractivity contribution in [2.24, 2.45) is 20.5 Å². The molecule has 0 aliphatic heterocycles. The maximum atomic E-state index is 12.2. The smallest absolute Gasteiger partial charge is 0.340 e. The van der Waals surface area contributed by atoms with E-state index in [9.17, 15) is 30.7 Å². The quantitative estimate of drug-likeness (QED) is 0.134. The first kappa shape index (κ1) is 27.3. The second-order valence-electron chi connectivity index (χ2n) is 7.13. The number of azo groups is 2. The number of carbonyl (C=O) groups is 1. The predicted octanol–water partition coefficient (Wildman–Crippen LogP) is 4.35. The van der Waals surface area contributed by atoms with E-state index >= 15 is 0 Å². The fourth-order valence-corrected chi connectivity index (χ4v) is 4.24. The third-order valence-electron chi connectivity index (χ3n) is 4.66. The lowest BCUT2D eigenvalue weighted by molar-refractivity contribution is 0.0527. The molecule has 0 aromatic heterocycles. The fourth-order valence-electron chi connectivity index (χ4n) is 2.98. The molecule has 0 saturated carbocycles. The molecular formula is C21H20N6O8S2. The zero-order valence-corrected chi connectivity index (χ0v) is 20.6. The van der Waals surface area contributed by atoms with Crippen molar-refractivity contribution in [2.45, 2.75) is 16.7 Å². The van der Waals surface area contributed by atoms with Crippen LogP contribution in [-0.2, 0) is 25.0 Å². The van der Waals surface area contributed by atoms with Gasteiger partial charge in [0.25, 0.3) is 20.2 Å². The van der Waals surface area contributed by atoms with Crippen molar-refractivity contribution in [3.05, 3.63) is 60.2 Å². The topological polar surface area (TPSA) is 237 Å². The Bertz CT molecular complexity index is 1640. The van der Waals surface area contributed by atoms with Crippen molar-refractivity contribution in [1.29, 1.82) is 0 Å². The van der Waals surface area contributed by atoms with E-state index < -0.39 is 47.4 Å². The average Bonchev–Trinajstić information content (AvgIpc) is 2.82. The Kier molecular flexibility index (Phi) is 7.97. The molecule has 6 N–H and O–H groups in total.